The SMILES string of the molecule is CCN(CC)C(=O)COC(=C1C2CC3C(C2)C13)c1ccccc1. The maximum atomic E-state index is 12.3. The topological polar surface area (TPSA) is 29.5 Å². The van der Waals surface area contributed by atoms with Crippen molar-refractivity contribution in [2.45, 2.75) is 26.7 Å². The molecule has 23 heavy (non-hydrogen) atoms. The minimum absolute atomic E-state index is 0.0849. The van der Waals surface area contributed by atoms with Crippen LogP contribution in [-0.4, -0.2) is 30.5 Å². The average molecular weight is 311 g/mol. The summed E-state index contributed by atoms with van der Waals surface area (Å²) in [5.41, 5.74) is 2.64. The molecule has 4 aliphatic carbocycles. The lowest BCUT2D eigenvalue weighted by atomic mass is 10.0. The second kappa shape index (κ2) is 5.70. The molecule has 1 aromatic rings. The predicted molar refractivity (Wildman–Crippen MR) is 90.4 cm³/mol. The molecule has 4 aliphatic rings. The second-order valence-corrected chi connectivity index (χ2v) is 7.03. The van der Waals surface area contributed by atoms with E-state index in [0.29, 0.717) is 5.92 Å². The van der Waals surface area contributed by atoms with Crippen LogP contribution in [0.2, 0.25) is 0 Å². The van der Waals surface area contributed by atoms with Crippen molar-refractivity contribution in [2.24, 2.45) is 23.7 Å². The molecule has 5 rings (SSSR count). The number of nitrogens with zero attached hydrogens (tertiary/aromatic N) is 1. The van der Waals surface area contributed by atoms with Gasteiger partial charge in [0, 0.05) is 18.7 Å². The molecular formula is C20H25NO2. The zero-order chi connectivity index (χ0) is 16.0. The van der Waals surface area contributed by atoms with Gasteiger partial charge in [0.25, 0.3) is 5.91 Å². The number of amides is 1. The second-order valence-electron chi connectivity index (χ2n) is 7.03. The zero-order valence-corrected chi connectivity index (χ0v) is 14.0. The third-order valence-electron chi connectivity index (χ3n) is 6.00. The Balaban J connectivity index is 1.58. The molecule has 1 amide bonds. The number of benzene rings is 1. The number of carbonyl (C=O) groups is 1. The van der Waals surface area contributed by atoms with E-state index in [9.17, 15) is 4.79 Å². The molecule has 3 heteroatoms. The highest BCUT2D eigenvalue weighted by Gasteiger charge is 2.67. The fourth-order valence-electron chi connectivity index (χ4n) is 4.89. The van der Waals surface area contributed by atoms with Gasteiger partial charge in [0.2, 0.25) is 0 Å². The maximum Gasteiger partial charge on any atom is 0.260 e. The molecule has 0 spiro atoms. The summed E-state index contributed by atoms with van der Waals surface area (Å²) < 4.78 is 6.14. The van der Waals surface area contributed by atoms with Crippen molar-refractivity contribution in [1.29, 1.82) is 0 Å². The number of allylic oxidation sites excluding steroid dienone is 1. The Morgan fingerprint density at radius 1 is 1.13 bits per heavy atom. The number of ether oxygens (including phenoxy) is 1. The van der Waals surface area contributed by atoms with Crippen LogP contribution in [-0.2, 0) is 9.53 Å². The van der Waals surface area contributed by atoms with E-state index in [1.54, 1.807) is 0 Å². The summed E-state index contributed by atoms with van der Waals surface area (Å²) in [6.07, 6.45) is 2.68. The molecule has 2 atom stereocenters. The van der Waals surface area contributed by atoms with Gasteiger partial charge in [-0.3, -0.25) is 4.79 Å². The van der Waals surface area contributed by atoms with Crippen LogP contribution in [0.25, 0.3) is 5.76 Å². The molecule has 0 saturated heterocycles. The first-order chi connectivity index (χ1) is 11.2. The van der Waals surface area contributed by atoms with Gasteiger partial charge in [-0.15, -0.1) is 0 Å². The monoisotopic (exact) mass is 311 g/mol. The van der Waals surface area contributed by atoms with Crippen LogP contribution < -0.4 is 0 Å². The third-order valence-corrected chi connectivity index (χ3v) is 6.00. The van der Waals surface area contributed by atoms with Crippen LogP contribution in [0.4, 0.5) is 0 Å². The first kappa shape index (κ1) is 14.8. The van der Waals surface area contributed by atoms with Gasteiger partial charge >= 0.3 is 0 Å². The molecule has 2 unspecified atom stereocenters. The summed E-state index contributed by atoms with van der Waals surface area (Å²) >= 11 is 0. The number of hydrogen-bond acceptors (Lipinski definition) is 2. The summed E-state index contributed by atoms with van der Waals surface area (Å²) in [6.45, 7) is 5.66. The minimum atomic E-state index is 0.0849. The van der Waals surface area contributed by atoms with E-state index in [1.165, 1.54) is 18.4 Å². The van der Waals surface area contributed by atoms with Crippen molar-refractivity contribution < 1.29 is 9.53 Å². The zero-order valence-electron chi connectivity index (χ0n) is 14.0. The van der Waals surface area contributed by atoms with Crippen molar-refractivity contribution in [3.63, 3.8) is 0 Å². The van der Waals surface area contributed by atoms with E-state index in [-0.39, 0.29) is 12.5 Å². The average Bonchev–Trinajstić information content (AvgIpc) is 2.95. The normalized spacial score (nSPS) is 31.9. The summed E-state index contributed by atoms with van der Waals surface area (Å²) in [5, 5.41) is 0. The van der Waals surface area contributed by atoms with Gasteiger partial charge in [0.05, 0.1) is 0 Å². The first-order valence-electron chi connectivity index (χ1n) is 8.94. The Morgan fingerprint density at radius 2 is 1.78 bits per heavy atom. The van der Waals surface area contributed by atoms with Crippen molar-refractivity contribution >= 4 is 11.7 Å². The number of rotatable bonds is 6. The Kier molecular flexibility index (Phi) is 3.67. The summed E-state index contributed by atoms with van der Waals surface area (Å²) in [4.78, 5) is 14.2. The maximum absolute atomic E-state index is 12.3. The lowest BCUT2D eigenvalue weighted by Crippen LogP contribution is -2.33. The number of likely N-dealkylation sites (N-methyl/N-ethyl adjacent to an activating group) is 1. The Labute approximate surface area is 138 Å². The summed E-state index contributed by atoms with van der Waals surface area (Å²) in [5.74, 6) is 4.37. The smallest absolute Gasteiger partial charge is 0.260 e. The van der Waals surface area contributed by atoms with Crippen molar-refractivity contribution in [3.05, 3.63) is 41.5 Å². The van der Waals surface area contributed by atoms with E-state index < -0.39 is 0 Å². The van der Waals surface area contributed by atoms with Gasteiger partial charge in [-0.25, -0.2) is 0 Å². The highest BCUT2D eigenvalue weighted by Crippen LogP contribution is 2.74. The highest BCUT2D eigenvalue weighted by molar-refractivity contribution is 5.79. The molecule has 0 aliphatic heterocycles. The van der Waals surface area contributed by atoms with Crippen LogP contribution in [0.1, 0.15) is 32.3 Å². The van der Waals surface area contributed by atoms with Gasteiger partial charge in [-0.1, -0.05) is 30.3 Å². The van der Waals surface area contributed by atoms with Crippen molar-refractivity contribution in [2.75, 3.05) is 19.7 Å². The fraction of sp³-hybridized carbons (Fsp3) is 0.550. The Morgan fingerprint density at radius 3 is 2.30 bits per heavy atom. The molecule has 1 aromatic carbocycles. The van der Waals surface area contributed by atoms with E-state index >= 15 is 0 Å². The molecule has 0 heterocycles. The minimum Gasteiger partial charge on any atom is -0.483 e. The van der Waals surface area contributed by atoms with Crippen LogP contribution >= 0.6 is 0 Å². The lowest BCUT2D eigenvalue weighted by Gasteiger charge is -2.21. The predicted octanol–water partition coefficient (Wildman–Crippen LogP) is 3.57. The van der Waals surface area contributed by atoms with E-state index in [0.717, 1.165) is 42.2 Å². The summed E-state index contributed by atoms with van der Waals surface area (Å²) in [7, 11) is 0. The largest absolute Gasteiger partial charge is 0.483 e. The molecule has 0 N–H and O–H groups in total. The molecule has 4 bridgehead atoms. The Bertz CT molecular complexity index is 616. The van der Waals surface area contributed by atoms with Gasteiger partial charge in [0.1, 0.15) is 5.76 Å². The highest BCUT2D eigenvalue weighted by atomic mass is 16.5. The molecule has 4 fully saturated rings. The van der Waals surface area contributed by atoms with Crippen LogP contribution in [0.3, 0.4) is 0 Å². The summed E-state index contributed by atoms with van der Waals surface area (Å²) in [6, 6.07) is 10.3. The van der Waals surface area contributed by atoms with E-state index in [1.807, 2.05) is 24.8 Å². The molecular weight excluding hydrogens is 286 g/mol. The first-order valence-corrected chi connectivity index (χ1v) is 8.94. The van der Waals surface area contributed by atoms with Crippen molar-refractivity contribution in [3.8, 4) is 0 Å². The molecule has 0 aromatic heterocycles. The molecule has 122 valence electrons. The molecule has 3 nitrogen and oxygen atoms in total. The van der Waals surface area contributed by atoms with Gasteiger partial charge in [0.15, 0.2) is 6.61 Å². The van der Waals surface area contributed by atoms with Crippen LogP contribution in [0, 0.1) is 23.7 Å². The standard InChI is InChI=1S/C20H25NO2/c1-3-21(4-2)17(22)12-23-20(13-8-6-5-7-9-13)18-14-10-15-16(11-14)19(15)18/h5-9,14-16,19H,3-4,10-12H2,1-2H3. The van der Waals surface area contributed by atoms with Crippen molar-refractivity contribution in [1.82, 2.24) is 4.90 Å². The third kappa shape index (κ3) is 2.37. The van der Waals surface area contributed by atoms with Crippen LogP contribution in [0.5, 0.6) is 0 Å². The molecule has 4 saturated carbocycles. The van der Waals surface area contributed by atoms with E-state index in [4.69, 9.17) is 4.74 Å². The number of carbonyl (C=O) groups excluding carboxylic acids is 1. The fourth-order valence-corrected chi connectivity index (χ4v) is 4.89. The van der Waals surface area contributed by atoms with Gasteiger partial charge < -0.3 is 9.64 Å². The molecule has 0 radical (unpaired) electrons. The van der Waals surface area contributed by atoms with E-state index in [2.05, 4.69) is 24.3 Å². The van der Waals surface area contributed by atoms with Gasteiger partial charge in [-0.2, -0.15) is 0 Å². The Hall–Kier alpha value is -1.77. The lowest BCUT2D eigenvalue weighted by molar-refractivity contribution is -0.133. The van der Waals surface area contributed by atoms with Gasteiger partial charge in [-0.05, 0) is 55.9 Å². The van der Waals surface area contributed by atoms with Crippen LogP contribution in [0.15, 0.2) is 35.9 Å². The quantitative estimate of drug-likeness (QED) is 0.752. The number of hydrogen-bond donors (Lipinski definition) is 0.